The monoisotopic (exact) mass is 412 g/mol. The van der Waals surface area contributed by atoms with Gasteiger partial charge in [-0.2, -0.15) is 8.78 Å². The molecule has 0 bridgehead atoms. The number of carbonyl (C=O) groups is 2. The van der Waals surface area contributed by atoms with E-state index in [0.717, 1.165) is 62.6 Å². The number of nitrogens with zero attached hydrogens (tertiary/aromatic N) is 1. The number of Topliss-reactive ketones (excluding diaryl/α,β-unsaturated/α-hetero) is 1. The summed E-state index contributed by atoms with van der Waals surface area (Å²) >= 11 is 0. The van der Waals surface area contributed by atoms with E-state index in [1.54, 1.807) is 24.3 Å². The van der Waals surface area contributed by atoms with Crippen molar-refractivity contribution in [2.45, 2.75) is 65.7 Å². The number of amides is 1. The van der Waals surface area contributed by atoms with Crippen LogP contribution >= 0.6 is 0 Å². The summed E-state index contributed by atoms with van der Waals surface area (Å²) in [5.74, 6) is -1.46. The topological polar surface area (TPSA) is 58.2 Å². The average Bonchev–Trinajstić information content (AvgIpc) is 2.72. The smallest absolute Gasteiger partial charge is 0.317 e. The molecule has 0 saturated carbocycles. The summed E-state index contributed by atoms with van der Waals surface area (Å²) in [6.45, 7) is 9.71. The summed E-state index contributed by atoms with van der Waals surface area (Å²) in [5.41, 5.74) is 5.20. The number of quaternary nitrogens is 1. The molecule has 1 aromatic carbocycles. The number of ketones is 1. The minimum atomic E-state index is -3.12. The van der Waals surface area contributed by atoms with Crippen LogP contribution in [0, 0.1) is 0 Å². The summed E-state index contributed by atoms with van der Waals surface area (Å²) in [4.78, 5) is 24.4. The Bertz CT molecular complexity index is 616. The zero-order valence-electron chi connectivity index (χ0n) is 18.0. The predicted molar refractivity (Wildman–Crippen MR) is 113 cm³/mol. The molecule has 0 aromatic heterocycles. The van der Waals surface area contributed by atoms with Gasteiger partial charge in [0.2, 0.25) is 5.78 Å². The van der Waals surface area contributed by atoms with Gasteiger partial charge in [-0.3, -0.25) is 20.4 Å². The van der Waals surface area contributed by atoms with Crippen LogP contribution in [-0.4, -0.2) is 48.8 Å². The van der Waals surface area contributed by atoms with Gasteiger partial charge in [0.05, 0.1) is 25.3 Å². The van der Waals surface area contributed by atoms with E-state index in [9.17, 15) is 18.4 Å². The van der Waals surface area contributed by atoms with Crippen LogP contribution in [0.15, 0.2) is 24.3 Å². The van der Waals surface area contributed by atoms with Gasteiger partial charge < -0.3 is 4.48 Å². The first-order chi connectivity index (χ1) is 13.9. The molecule has 0 heterocycles. The average molecular weight is 413 g/mol. The molecule has 29 heavy (non-hydrogen) atoms. The zero-order chi connectivity index (χ0) is 21.7. The Labute approximate surface area is 173 Å². The van der Waals surface area contributed by atoms with Crippen molar-refractivity contribution in [3.8, 4) is 0 Å². The highest BCUT2D eigenvalue weighted by atomic mass is 19.3. The van der Waals surface area contributed by atoms with Crippen LogP contribution in [0.2, 0.25) is 0 Å². The molecule has 0 fully saturated rings. The molecule has 164 valence electrons. The number of hydrogen-bond acceptors (Lipinski definition) is 3. The summed E-state index contributed by atoms with van der Waals surface area (Å²) in [5, 5.41) is 0. The Hall–Kier alpha value is -2.02. The Morgan fingerprint density at radius 1 is 0.931 bits per heavy atom. The molecule has 0 spiro atoms. The molecule has 0 radical (unpaired) electrons. The Balaban J connectivity index is 3.04. The van der Waals surface area contributed by atoms with E-state index in [-0.39, 0.29) is 5.78 Å². The molecule has 0 atom stereocenters. The number of nitrogens with one attached hydrogen (secondary N) is 2. The summed E-state index contributed by atoms with van der Waals surface area (Å²) in [6.07, 6.45) is 3.28. The molecular weight excluding hydrogens is 376 g/mol. The van der Waals surface area contributed by atoms with E-state index in [1.165, 1.54) is 0 Å². The highest BCUT2D eigenvalue weighted by Crippen LogP contribution is 2.20. The molecule has 0 saturated heterocycles. The molecule has 1 aromatic rings. The van der Waals surface area contributed by atoms with E-state index in [4.69, 9.17) is 0 Å². The van der Waals surface area contributed by atoms with Gasteiger partial charge >= 0.3 is 12.3 Å². The molecule has 7 heteroatoms. The normalized spacial score (nSPS) is 11.5. The lowest BCUT2D eigenvalue weighted by Crippen LogP contribution is -2.53. The second-order valence-electron chi connectivity index (χ2n) is 7.61. The molecule has 2 N–H and O–H groups in total. The molecule has 0 aliphatic heterocycles. The number of anilines is 1. The van der Waals surface area contributed by atoms with Crippen LogP contribution in [0.1, 0.15) is 69.7 Å². The van der Waals surface area contributed by atoms with E-state index in [1.807, 2.05) is 5.43 Å². The lowest BCUT2D eigenvalue weighted by molar-refractivity contribution is -0.921. The van der Waals surface area contributed by atoms with Gasteiger partial charge in [-0.05, 0) is 31.4 Å². The summed E-state index contributed by atoms with van der Waals surface area (Å²) in [7, 11) is 0. The summed E-state index contributed by atoms with van der Waals surface area (Å²) < 4.78 is 25.6. The number of hydrogen-bond donors (Lipinski definition) is 2. The number of halogens is 2. The zero-order valence-corrected chi connectivity index (χ0v) is 18.0. The molecule has 0 aliphatic rings. The number of carbonyl (C=O) groups excluding carboxylic acids is 2. The van der Waals surface area contributed by atoms with Gasteiger partial charge in [-0.15, -0.1) is 0 Å². The Kier molecular flexibility index (Phi) is 11.4. The number of hydrazine groups is 1. The third-order valence-corrected chi connectivity index (χ3v) is 5.18. The lowest BCUT2D eigenvalue weighted by atomic mass is 10.1. The fourth-order valence-corrected chi connectivity index (χ4v) is 3.46. The third-order valence-electron chi connectivity index (χ3n) is 5.18. The number of alkyl halides is 2. The van der Waals surface area contributed by atoms with E-state index >= 15 is 0 Å². The maximum Gasteiger partial charge on any atom is 0.317 e. The maximum atomic E-state index is 13.2. The van der Waals surface area contributed by atoms with Crippen molar-refractivity contribution in [2.24, 2.45) is 0 Å². The van der Waals surface area contributed by atoms with E-state index < -0.39 is 12.3 Å². The van der Waals surface area contributed by atoms with Crippen molar-refractivity contribution >= 4 is 17.4 Å². The van der Waals surface area contributed by atoms with Crippen molar-refractivity contribution in [3.63, 3.8) is 0 Å². The van der Waals surface area contributed by atoms with Crippen LogP contribution in [0.5, 0.6) is 0 Å². The molecule has 0 aliphatic carbocycles. The van der Waals surface area contributed by atoms with Gasteiger partial charge in [0.25, 0.3) is 0 Å². The highest BCUT2D eigenvalue weighted by molar-refractivity contribution is 6.02. The number of rotatable bonds is 15. The van der Waals surface area contributed by atoms with E-state index in [0.29, 0.717) is 17.8 Å². The van der Waals surface area contributed by atoms with Crippen molar-refractivity contribution in [3.05, 3.63) is 29.8 Å². The number of para-hydroxylation sites is 1. The van der Waals surface area contributed by atoms with Crippen molar-refractivity contribution < 1.29 is 22.9 Å². The fraction of sp³-hybridized carbons (Fsp3) is 0.636. The van der Waals surface area contributed by atoms with Gasteiger partial charge in [-0.1, -0.05) is 52.2 Å². The second-order valence-corrected chi connectivity index (χ2v) is 7.61. The van der Waals surface area contributed by atoms with Crippen LogP contribution in [0.4, 0.5) is 14.5 Å². The van der Waals surface area contributed by atoms with Crippen molar-refractivity contribution in [2.75, 3.05) is 31.6 Å². The standard InChI is InChI=1S/C22H35F2N3O2/c1-4-7-14-27(15-8-5-2,16-9-6-3)17-20(28)18-12-10-11-13-19(18)25-26-22(29)21(23)24/h10-13,21H,4-9,14-17H2,1-3H3,(H-,25,26,28,29)/p+1. The molecule has 1 rings (SSSR count). The van der Waals surface area contributed by atoms with Crippen LogP contribution < -0.4 is 10.9 Å². The Morgan fingerprint density at radius 2 is 1.45 bits per heavy atom. The second kappa shape index (κ2) is 13.2. The first-order valence-electron chi connectivity index (χ1n) is 10.7. The molecule has 1 amide bonds. The summed E-state index contributed by atoms with van der Waals surface area (Å²) in [6, 6.07) is 6.72. The third kappa shape index (κ3) is 8.48. The quantitative estimate of drug-likeness (QED) is 0.247. The SMILES string of the molecule is CCCC[N+](CCCC)(CCCC)CC(=O)c1ccccc1NNC(=O)C(F)F. The largest absolute Gasteiger partial charge is 0.317 e. The molecule has 5 nitrogen and oxygen atoms in total. The molecule has 0 unspecified atom stereocenters. The predicted octanol–water partition coefficient (Wildman–Crippen LogP) is 4.79. The minimum Gasteiger partial charge on any atom is -0.317 e. The van der Waals surface area contributed by atoms with Crippen molar-refractivity contribution in [1.29, 1.82) is 0 Å². The van der Waals surface area contributed by atoms with Crippen LogP contribution in [0.3, 0.4) is 0 Å². The maximum absolute atomic E-state index is 13.2. The van der Waals surface area contributed by atoms with Gasteiger partial charge in [0.15, 0.2) is 0 Å². The minimum absolute atomic E-state index is 0.0392. The lowest BCUT2D eigenvalue weighted by Gasteiger charge is -2.38. The highest BCUT2D eigenvalue weighted by Gasteiger charge is 2.30. The molecular formula is C22H36F2N3O2+. The van der Waals surface area contributed by atoms with E-state index in [2.05, 4.69) is 26.2 Å². The van der Waals surface area contributed by atoms with Gasteiger partial charge in [-0.25, -0.2) is 0 Å². The van der Waals surface area contributed by atoms with Gasteiger partial charge in [0, 0.05) is 5.56 Å². The van der Waals surface area contributed by atoms with Crippen molar-refractivity contribution in [1.82, 2.24) is 5.43 Å². The Morgan fingerprint density at radius 3 is 1.93 bits per heavy atom. The van der Waals surface area contributed by atoms with Crippen LogP contribution in [0.25, 0.3) is 0 Å². The van der Waals surface area contributed by atoms with Crippen LogP contribution in [-0.2, 0) is 4.79 Å². The number of benzene rings is 1. The first kappa shape index (κ1) is 25.0. The number of unbranched alkanes of at least 4 members (excludes halogenated alkanes) is 3. The van der Waals surface area contributed by atoms with Gasteiger partial charge in [0.1, 0.15) is 6.54 Å². The first-order valence-corrected chi connectivity index (χ1v) is 10.7. The fourth-order valence-electron chi connectivity index (χ4n) is 3.46.